The first kappa shape index (κ1) is 19.5. The van der Waals surface area contributed by atoms with E-state index in [4.69, 9.17) is 9.47 Å². The molecule has 2 rings (SSSR count). The fraction of sp³-hybridized carbons (Fsp3) is 0.632. The zero-order chi connectivity index (χ0) is 18.6. The zero-order valence-corrected chi connectivity index (χ0v) is 15.8. The minimum atomic E-state index is -0.807. The van der Waals surface area contributed by atoms with Crippen molar-refractivity contribution in [2.45, 2.75) is 51.3 Å². The molecule has 1 amide bonds. The number of carbonyl (C=O) groups is 1. The van der Waals surface area contributed by atoms with E-state index in [9.17, 15) is 9.90 Å². The summed E-state index contributed by atoms with van der Waals surface area (Å²) in [7, 11) is 3.22. The maximum atomic E-state index is 12.5. The van der Waals surface area contributed by atoms with E-state index in [2.05, 4.69) is 10.2 Å². The van der Waals surface area contributed by atoms with E-state index in [1.54, 1.807) is 28.1 Å². The van der Waals surface area contributed by atoms with Gasteiger partial charge in [0.25, 0.3) is 0 Å². The third kappa shape index (κ3) is 4.86. The first-order valence-electron chi connectivity index (χ1n) is 8.74. The molecule has 1 aromatic rings. The minimum Gasteiger partial charge on any atom is -0.497 e. The van der Waals surface area contributed by atoms with Gasteiger partial charge in [-0.1, -0.05) is 0 Å². The molecule has 2 atom stereocenters. The second-order valence-electron chi connectivity index (χ2n) is 7.18. The number of benzene rings is 1. The number of ether oxygens (including phenoxy) is 2. The first-order valence-corrected chi connectivity index (χ1v) is 8.74. The van der Waals surface area contributed by atoms with E-state index in [1.165, 1.54) is 0 Å². The third-order valence-electron chi connectivity index (χ3n) is 4.81. The SMILES string of the molecule is COc1ccc(OC)c(C(C)NC(=O)CN2CCCC2C(C)(C)O)c1. The van der Waals surface area contributed by atoms with E-state index in [-0.39, 0.29) is 24.5 Å². The lowest BCUT2D eigenvalue weighted by Crippen LogP contribution is -2.49. The van der Waals surface area contributed by atoms with Gasteiger partial charge in [-0.05, 0) is 58.4 Å². The van der Waals surface area contributed by atoms with Gasteiger partial charge in [-0.15, -0.1) is 0 Å². The Balaban J connectivity index is 2.03. The van der Waals surface area contributed by atoms with Crippen LogP contribution in [0, 0.1) is 0 Å². The van der Waals surface area contributed by atoms with Gasteiger partial charge in [-0.2, -0.15) is 0 Å². The normalized spacial score (nSPS) is 19.5. The average molecular weight is 350 g/mol. The molecule has 1 aliphatic rings. The lowest BCUT2D eigenvalue weighted by Gasteiger charge is -2.33. The van der Waals surface area contributed by atoms with Gasteiger partial charge in [-0.3, -0.25) is 9.69 Å². The molecule has 6 heteroatoms. The van der Waals surface area contributed by atoms with E-state index < -0.39 is 5.60 Å². The fourth-order valence-corrected chi connectivity index (χ4v) is 3.54. The van der Waals surface area contributed by atoms with Crippen LogP contribution in [0.4, 0.5) is 0 Å². The molecule has 0 bridgehead atoms. The number of hydrogen-bond donors (Lipinski definition) is 2. The van der Waals surface area contributed by atoms with Crippen molar-refractivity contribution in [1.82, 2.24) is 10.2 Å². The maximum absolute atomic E-state index is 12.5. The Kier molecular flexibility index (Phi) is 6.30. The van der Waals surface area contributed by atoms with Gasteiger partial charge in [0.15, 0.2) is 0 Å². The predicted octanol–water partition coefficient (Wildman–Crippen LogP) is 2.12. The highest BCUT2D eigenvalue weighted by atomic mass is 16.5. The third-order valence-corrected chi connectivity index (χ3v) is 4.81. The lowest BCUT2D eigenvalue weighted by atomic mass is 9.97. The summed E-state index contributed by atoms with van der Waals surface area (Å²) in [6.07, 6.45) is 1.91. The predicted molar refractivity (Wildman–Crippen MR) is 97.0 cm³/mol. The lowest BCUT2D eigenvalue weighted by molar-refractivity contribution is -0.124. The molecule has 2 N–H and O–H groups in total. The molecule has 1 fully saturated rings. The quantitative estimate of drug-likeness (QED) is 0.788. The number of amides is 1. The largest absolute Gasteiger partial charge is 0.497 e. The summed E-state index contributed by atoms with van der Waals surface area (Å²) >= 11 is 0. The van der Waals surface area contributed by atoms with Gasteiger partial charge >= 0.3 is 0 Å². The van der Waals surface area contributed by atoms with E-state index >= 15 is 0 Å². The summed E-state index contributed by atoms with van der Waals surface area (Å²) in [5.74, 6) is 1.37. The van der Waals surface area contributed by atoms with Crippen LogP contribution in [0.5, 0.6) is 11.5 Å². The van der Waals surface area contributed by atoms with Gasteiger partial charge < -0.3 is 19.9 Å². The smallest absolute Gasteiger partial charge is 0.234 e. The second kappa shape index (κ2) is 8.06. The summed E-state index contributed by atoms with van der Waals surface area (Å²) in [6.45, 7) is 6.64. The van der Waals surface area contributed by atoms with Crippen molar-refractivity contribution in [3.8, 4) is 11.5 Å². The summed E-state index contributed by atoms with van der Waals surface area (Å²) in [6, 6.07) is 5.34. The van der Waals surface area contributed by atoms with Gasteiger partial charge in [0.2, 0.25) is 5.91 Å². The monoisotopic (exact) mass is 350 g/mol. The van der Waals surface area contributed by atoms with Crippen molar-refractivity contribution in [3.05, 3.63) is 23.8 Å². The van der Waals surface area contributed by atoms with Crippen LogP contribution in [0.15, 0.2) is 18.2 Å². The van der Waals surface area contributed by atoms with Gasteiger partial charge in [0.05, 0.1) is 32.4 Å². The molecule has 2 unspecified atom stereocenters. The van der Waals surface area contributed by atoms with Crippen LogP contribution in [0.1, 0.15) is 45.2 Å². The maximum Gasteiger partial charge on any atom is 0.234 e. The fourth-order valence-electron chi connectivity index (χ4n) is 3.54. The van der Waals surface area contributed by atoms with E-state index in [0.717, 1.165) is 30.7 Å². The van der Waals surface area contributed by atoms with Crippen LogP contribution in [-0.4, -0.2) is 54.9 Å². The Morgan fingerprint density at radius 3 is 2.72 bits per heavy atom. The summed E-state index contributed by atoms with van der Waals surface area (Å²) < 4.78 is 10.7. The highest BCUT2D eigenvalue weighted by Crippen LogP contribution is 2.30. The zero-order valence-electron chi connectivity index (χ0n) is 15.8. The van der Waals surface area contributed by atoms with Gasteiger partial charge in [0.1, 0.15) is 11.5 Å². The second-order valence-corrected chi connectivity index (χ2v) is 7.18. The molecule has 1 saturated heterocycles. The molecule has 140 valence electrons. The van der Waals surface area contributed by atoms with Crippen molar-refractivity contribution in [3.63, 3.8) is 0 Å². The minimum absolute atomic E-state index is 0.0138. The van der Waals surface area contributed by atoms with Crippen LogP contribution < -0.4 is 14.8 Å². The number of methoxy groups -OCH3 is 2. The van der Waals surface area contributed by atoms with Crippen molar-refractivity contribution in [2.75, 3.05) is 27.3 Å². The Morgan fingerprint density at radius 1 is 1.40 bits per heavy atom. The molecule has 1 heterocycles. The molecular formula is C19H30N2O4. The Labute approximate surface area is 150 Å². The molecule has 1 aliphatic heterocycles. The number of aliphatic hydroxyl groups is 1. The Bertz CT molecular complexity index is 598. The molecular weight excluding hydrogens is 320 g/mol. The van der Waals surface area contributed by atoms with Crippen LogP contribution in [0.25, 0.3) is 0 Å². The van der Waals surface area contributed by atoms with Crippen molar-refractivity contribution >= 4 is 5.91 Å². The molecule has 0 aliphatic carbocycles. The molecule has 0 radical (unpaired) electrons. The Morgan fingerprint density at radius 2 is 2.12 bits per heavy atom. The highest BCUT2D eigenvalue weighted by Gasteiger charge is 2.36. The number of nitrogens with zero attached hydrogens (tertiary/aromatic N) is 1. The number of rotatable bonds is 7. The summed E-state index contributed by atoms with van der Waals surface area (Å²) in [4.78, 5) is 14.6. The molecule has 1 aromatic carbocycles. The average Bonchev–Trinajstić information content (AvgIpc) is 3.02. The molecule has 0 saturated carbocycles. The number of carbonyl (C=O) groups excluding carboxylic acids is 1. The topological polar surface area (TPSA) is 71.0 Å². The van der Waals surface area contributed by atoms with Crippen molar-refractivity contribution < 1.29 is 19.4 Å². The summed E-state index contributed by atoms with van der Waals surface area (Å²) in [5, 5.41) is 13.3. The number of likely N-dealkylation sites (tertiary alicyclic amines) is 1. The highest BCUT2D eigenvalue weighted by molar-refractivity contribution is 5.78. The molecule has 0 aromatic heterocycles. The standard InChI is InChI=1S/C19H30N2O4/c1-13(15-11-14(24-4)8-9-16(15)25-5)20-18(22)12-21-10-6-7-17(21)19(2,3)23/h8-9,11,13,17,23H,6-7,10,12H2,1-5H3,(H,20,22). The van der Waals surface area contributed by atoms with Crippen LogP contribution in [0.2, 0.25) is 0 Å². The van der Waals surface area contributed by atoms with Crippen molar-refractivity contribution in [2.24, 2.45) is 0 Å². The van der Waals surface area contributed by atoms with Gasteiger partial charge in [-0.25, -0.2) is 0 Å². The van der Waals surface area contributed by atoms with Crippen LogP contribution in [0.3, 0.4) is 0 Å². The molecule has 0 spiro atoms. The summed E-state index contributed by atoms with van der Waals surface area (Å²) in [5.41, 5.74) is 0.0639. The van der Waals surface area contributed by atoms with E-state index in [0.29, 0.717) is 5.75 Å². The van der Waals surface area contributed by atoms with Crippen LogP contribution in [-0.2, 0) is 4.79 Å². The van der Waals surface area contributed by atoms with Crippen molar-refractivity contribution in [1.29, 1.82) is 0 Å². The first-order chi connectivity index (χ1) is 11.8. The van der Waals surface area contributed by atoms with Gasteiger partial charge in [0, 0.05) is 11.6 Å². The number of hydrogen-bond acceptors (Lipinski definition) is 5. The molecule has 6 nitrogen and oxygen atoms in total. The van der Waals surface area contributed by atoms with Crippen LogP contribution >= 0.6 is 0 Å². The number of nitrogens with one attached hydrogen (secondary N) is 1. The molecule has 25 heavy (non-hydrogen) atoms. The van der Waals surface area contributed by atoms with E-state index in [1.807, 2.05) is 25.1 Å². The Hall–Kier alpha value is -1.79.